The highest BCUT2D eigenvalue weighted by Crippen LogP contribution is 2.41. The Hall–Kier alpha value is -5.93. The average Bonchev–Trinajstić information content (AvgIpc) is 3.37. The van der Waals surface area contributed by atoms with Crippen LogP contribution in [0.5, 0.6) is 0 Å². The molecular formula is C46H61Cl3N4O28. The van der Waals surface area contributed by atoms with Crippen LogP contribution in [0.1, 0.15) is 83.1 Å². The lowest BCUT2D eigenvalue weighted by atomic mass is 9.94. The van der Waals surface area contributed by atoms with Crippen LogP contribution in [-0.4, -0.2) is 205 Å². The van der Waals surface area contributed by atoms with Crippen LogP contribution in [0.4, 0.5) is 0 Å². The standard InChI is InChI=1S/C46H61Cl3N4O28/c1-15-30(68-19(5)56)35(71-22(8)59)38(74-25(11)62)42(66-15)79-34-29(52-53-51)41(81-45(50)46(47,48)49)76-27(13-64-17(3)54)32(34)78-44-40(37(73-24(10)61)33(70-21(7)58)28(77-44)14-65-18(4)55)80-43-39(75-26(12)63)36(72-23(9)60)31(16(2)67-43)69-20(6)57/h15-16,27-44,50H,13-14H2,1-12H3/t15?,16?,27?,28?,29?,30-,31+,32-,33+,34-,35?,36+,37+,38-,39?,40?,41?,42+,43?,44+/m1/s1. The Morgan fingerprint density at radius 2 is 0.728 bits per heavy atom. The lowest BCUT2D eigenvalue weighted by Crippen LogP contribution is -2.69. The summed E-state index contributed by atoms with van der Waals surface area (Å²) in [5.41, 5.74) is 10.2. The minimum atomic E-state index is -2.65. The molecule has 4 aliphatic rings. The van der Waals surface area contributed by atoms with Crippen molar-refractivity contribution in [1.29, 1.82) is 5.41 Å². The predicted molar refractivity (Wildman–Crippen MR) is 260 cm³/mol. The highest BCUT2D eigenvalue weighted by Gasteiger charge is 2.61. The van der Waals surface area contributed by atoms with Gasteiger partial charge in [-0.25, -0.2) is 0 Å². The fourth-order valence-electron chi connectivity index (χ4n) is 8.76. The van der Waals surface area contributed by atoms with Crippen molar-refractivity contribution < 1.29 is 133 Å². The number of carbonyl (C=O) groups is 10. The molecule has 0 aromatic carbocycles. The second kappa shape index (κ2) is 29.9. The Balaban J connectivity index is 2.11. The molecule has 0 bridgehead atoms. The maximum Gasteiger partial charge on any atom is 0.303 e. The number of nitrogens with zero attached hydrogens (tertiary/aromatic N) is 3. The molecule has 0 aliphatic carbocycles. The van der Waals surface area contributed by atoms with E-state index in [-0.39, 0.29) is 0 Å². The van der Waals surface area contributed by atoms with Gasteiger partial charge in [-0.05, 0) is 19.4 Å². The minimum absolute atomic E-state index is 0.823. The van der Waals surface area contributed by atoms with Crippen molar-refractivity contribution in [1.82, 2.24) is 0 Å². The summed E-state index contributed by atoms with van der Waals surface area (Å²) in [5.74, 6) is -11.1. The van der Waals surface area contributed by atoms with Gasteiger partial charge >= 0.3 is 59.7 Å². The first-order chi connectivity index (χ1) is 37.7. The summed E-state index contributed by atoms with van der Waals surface area (Å²) >= 11 is 18.0. The molecule has 81 heavy (non-hydrogen) atoms. The van der Waals surface area contributed by atoms with Crippen molar-refractivity contribution in [3.8, 4) is 0 Å². The largest absolute Gasteiger partial charge is 0.463 e. The number of azide groups is 1. The van der Waals surface area contributed by atoms with E-state index < -0.39 is 205 Å². The molecule has 4 fully saturated rings. The molecule has 4 aliphatic heterocycles. The van der Waals surface area contributed by atoms with Crippen molar-refractivity contribution in [2.75, 3.05) is 13.2 Å². The molecule has 0 aromatic rings. The molecule has 4 heterocycles. The summed E-state index contributed by atoms with van der Waals surface area (Å²) in [6.45, 7) is 10.7. The van der Waals surface area contributed by atoms with Gasteiger partial charge in [0.2, 0.25) is 12.2 Å². The number of esters is 10. The molecule has 0 saturated carbocycles. The van der Waals surface area contributed by atoms with Gasteiger partial charge in [-0.2, -0.15) is 0 Å². The van der Waals surface area contributed by atoms with Crippen molar-refractivity contribution in [3.63, 3.8) is 0 Å². The van der Waals surface area contributed by atoms with E-state index in [2.05, 4.69) is 10.0 Å². The van der Waals surface area contributed by atoms with Gasteiger partial charge in [0.25, 0.3) is 3.79 Å². The summed E-state index contributed by atoms with van der Waals surface area (Å²) in [6.07, 6.45) is -35.3. The Morgan fingerprint density at radius 1 is 0.420 bits per heavy atom. The third-order valence-corrected chi connectivity index (χ3v) is 12.0. The molecule has 4 saturated heterocycles. The summed E-state index contributed by atoms with van der Waals surface area (Å²) in [5, 5.41) is 12.3. The zero-order chi connectivity index (χ0) is 61.0. The number of nitrogens with one attached hydrogen (secondary N) is 1. The summed E-state index contributed by atoms with van der Waals surface area (Å²) in [7, 11) is 0. The Labute approximate surface area is 476 Å². The van der Waals surface area contributed by atoms with E-state index in [0.29, 0.717) is 0 Å². The Morgan fingerprint density at radius 3 is 1.10 bits per heavy atom. The van der Waals surface area contributed by atoms with Crippen LogP contribution in [0.3, 0.4) is 0 Å². The number of carbonyl (C=O) groups excluding carboxylic acids is 10. The van der Waals surface area contributed by atoms with Gasteiger partial charge < -0.3 is 85.3 Å². The van der Waals surface area contributed by atoms with Gasteiger partial charge in [-0.15, -0.1) is 0 Å². The quantitative estimate of drug-likeness (QED) is 0.0265. The fraction of sp³-hybridized carbons (Fsp3) is 0.761. The molecule has 4 rings (SSSR count). The topological polar surface area (TPSA) is 409 Å². The lowest BCUT2D eigenvalue weighted by Gasteiger charge is -2.51. The number of alkyl halides is 3. The van der Waals surface area contributed by atoms with Gasteiger partial charge in [-0.1, -0.05) is 39.9 Å². The van der Waals surface area contributed by atoms with Gasteiger partial charge in [-0.3, -0.25) is 53.4 Å². The van der Waals surface area contributed by atoms with E-state index in [0.717, 1.165) is 69.2 Å². The molecule has 1 N–H and O–H groups in total. The van der Waals surface area contributed by atoms with Crippen LogP contribution in [0.25, 0.3) is 10.4 Å². The summed E-state index contributed by atoms with van der Waals surface area (Å²) < 4.78 is 103. The van der Waals surface area contributed by atoms with Crippen LogP contribution in [0, 0.1) is 5.41 Å². The van der Waals surface area contributed by atoms with Crippen molar-refractivity contribution in [2.45, 2.75) is 210 Å². The molecule has 0 spiro atoms. The van der Waals surface area contributed by atoms with Crippen LogP contribution in [0.15, 0.2) is 5.11 Å². The van der Waals surface area contributed by atoms with Crippen LogP contribution in [0.2, 0.25) is 0 Å². The first kappa shape index (κ1) is 67.6. The Bertz CT molecular complexity index is 2390. The van der Waals surface area contributed by atoms with Gasteiger partial charge in [0.05, 0.1) is 12.2 Å². The molecule has 35 heteroatoms. The number of hydrogen-bond donors (Lipinski definition) is 1. The second-order valence-electron chi connectivity index (χ2n) is 18.1. The first-order valence-corrected chi connectivity index (χ1v) is 25.4. The van der Waals surface area contributed by atoms with E-state index in [4.69, 9.17) is 125 Å². The third-order valence-electron chi connectivity index (χ3n) is 11.5. The van der Waals surface area contributed by atoms with Crippen molar-refractivity contribution in [3.05, 3.63) is 10.4 Å². The van der Waals surface area contributed by atoms with E-state index in [1.165, 1.54) is 13.8 Å². The molecule has 0 amide bonds. The molecule has 10 unspecified atom stereocenters. The molecule has 0 aromatic heterocycles. The molecule has 20 atom stereocenters. The summed E-state index contributed by atoms with van der Waals surface area (Å²) in [6, 6.07) is -2.06. The summed E-state index contributed by atoms with van der Waals surface area (Å²) in [4.78, 5) is 130. The van der Waals surface area contributed by atoms with E-state index in [1.54, 1.807) is 0 Å². The maximum atomic E-state index is 13.2. The van der Waals surface area contributed by atoms with E-state index in [1.807, 2.05) is 0 Å². The third kappa shape index (κ3) is 19.3. The normalized spacial score (nSPS) is 33.7. The monoisotopic (exact) mass is 1220 g/mol. The molecule has 454 valence electrons. The minimum Gasteiger partial charge on any atom is -0.463 e. The van der Waals surface area contributed by atoms with Crippen molar-refractivity contribution in [2.24, 2.45) is 5.11 Å². The zero-order valence-corrected chi connectivity index (χ0v) is 47.6. The van der Waals surface area contributed by atoms with Crippen LogP contribution in [-0.2, 0) is 133 Å². The van der Waals surface area contributed by atoms with Gasteiger partial charge in [0.15, 0.2) is 73.8 Å². The highest BCUT2D eigenvalue weighted by molar-refractivity contribution is 6.76. The maximum absolute atomic E-state index is 13.2. The average molecular weight is 1220 g/mol. The predicted octanol–water partition coefficient (Wildman–Crippen LogP) is 1.70. The number of halogens is 3. The smallest absolute Gasteiger partial charge is 0.303 e. The molecule has 32 nitrogen and oxygen atoms in total. The second-order valence-corrected chi connectivity index (χ2v) is 20.4. The number of rotatable bonds is 20. The molecule has 0 radical (unpaired) electrons. The van der Waals surface area contributed by atoms with Crippen LogP contribution >= 0.6 is 34.8 Å². The number of hydrogen-bond acceptors (Lipinski definition) is 30. The van der Waals surface area contributed by atoms with Crippen LogP contribution < -0.4 is 0 Å². The van der Waals surface area contributed by atoms with Gasteiger partial charge in [0, 0.05) is 74.1 Å². The first-order valence-electron chi connectivity index (χ1n) is 24.3. The number of ether oxygens (including phenoxy) is 18. The highest BCUT2D eigenvalue weighted by atomic mass is 35.6. The zero-order valence-electron chi connectivity index (χ0n) is 45.4. The molecular weight excluding hydrogens is 1160 g/mol. The van der Waals surface area contributed by atoms with Gasteiger partial charge in [0.1, 0.15) is 43.7 Å². The van der Waals surface area contributed by atoms with E-state index in [9.17, 15) is 53.5 Å². The lowest BCUT2D eigenvalue weighted by molar-refractivity contribution is -0.390. The Kier molecular flexibility index (Phi) is 24.9. The fourth-order valence-corrected chi connectivity index (χ4v) is 8.89. The van der Waals surface area contributed by atoms with Crippen molar-refractivity contribution >= 4 is 100 Å². The SMILES string of the molecule is CC(=O)OCC1OC(OC(=N)C(Cl)(Cl)Cl)C(N=[N+]=[N-])[C@@H](O[C@@H]2OC(C)[C@@H](OC(C)=O)C(OC(C)=O)[C@H]2OC(C)=O)[C@@H]1O[C@@H]1OC(COC(C)=O)[C@H](OC(C)=O)[C@H](OC(C)=O)C1OC1OC(C)[C@H](OC(C)=O)[C@H](OC(C)=O)C1OC(C)=O. The van der Waals surface area contributed by atoms with E-state index >= 15 is 0 Å².